The number of carbonyl (C=O) groups excluding carboxylic acids is 1. The summed E-state index contributed by atoms with van der Waals surface area (Å²) in [6, 6.07) is 4.46. The first-order chi connectivity index (χ1) is 10.2. The van der Waals surface area contributed by atoms with E-state index in [1.165, 1.54) is 12.8 Å². The van der Waals surface area contributed by atoms with Crippen molar-refractivity contribution < 1.29 is 4.79 Å². The van der Waals surface area contributed by atoms with E-state index in [0.29, 0.717) is 25.6 Å². The van der Waals surface area contributed by atoms with Crippen LogP contribution in [-0.4, -0.2) is 41.5 Å². The molecule has 3 N–H and O–H groups in total. The number of hydrogen-bond donors (Lipinski definition) is 2. The number of rotatable bonds is 6. The number of nitrogens with zero attached hydrogens (tertiary/aromatic N) is 2. The zero-order valence-electron chi connectivity index (χ0n) is 12.6. The Balaban J connectivity index is 0.00000242. The molecule has 2 heterocycles. The van der Waals surface area contributed by atoms with E-state index >= 15 is 0 Å². The summed E-state index contributed by atoms with van der Waals surface area (Å²) in [5.74, 6) is 0.0461. The minimum absolute atomic E-state index is 0. The molecule has 1 aliphatic heterocycles. The van der Waals surface area contributed by atoms with Gasteiger partial charge in [0, 0.05) is 42.8 Å². The van der Waals surface area contributed by atoms with E-state index in [-0.39, 0.29) is 18.3 Å². The lowest BCUT2D eigenvalue weighted by Gasteiger charge is -2.35. The summed E-state index contributed by atoms with van der Waals surface area (Å²) in [6.45, 7) is 3.01. The van der Waals surface area contributed by atoms with Crippen LogP contribution in [-0.2, 0) is 11.3 Å². The first kappa shape index (κ1) is 19.4. The zero-order chi connectivity index (χ0) is 15.1. The van der Waals surface area contributed by atoms with E-state index in [9.17, 15) is 4.79 Å². The van der Waals surface area contributed by atoms with E-state index in [0.717, 1.165) is 29.7 Å². The predicted molar refractivity (Wildman–Crippen MR) is 93.9 cm³/mol. The number of pyridine rings is 1. The van der Waals surface area contributed by atoms with Crippen LogP contribution in [0, 0.1) is 0 Å². The van der Waals surface area contributed by atoms with Gasteiger partial charge in [-0.3, -0.25) is 14.7 Å². The molecule has 124 valence electrons. The molecule has 5 nitrogen and oxygen atoms in total. The highest BCUT2D eigenvalue weighted by molar-refractivity contribution is 9.10. The quantitative estimate of drug-likeness (QED) is 0.779. The molecule has 1 fully saturated rings. The Hall–Kier alpha value is -0.690. The molecule has 0 bridgehead atoms. The molecule has 1 aromatic heterocycles. The van der Waals surface area contributed by atoms with Gasteiger partial charge in [0.2, 0.25) is 5.91 Å². The highest BCUT2D eigenvalue weighted by Crippen LogP contribution is 2.19. The van der Waals surface area contributed by atoms with Crippen LogP contribution < -0.4 is 11.1 Å². The predicted octanol–water partition coefficient (Wildman–Crippen LogP) is 2.09. The Labute approximate surface area is 146 Å². The molecular weight excluding hydrogens is 368 g/mol. The van der Waals surface area contributed by atoms with Crippen molar-refractivity contribution in [2.45, 2.75) is 38.3 Å². The molecule has 0 radical (unpaired) electrons. The number of likely N-dealkylation sites (tertiary alicyclic amines) is 1. The largest absolute Gasteiger partial charge is 0.354 e. The number of hydrogen-bond acceptors (Lipinski definition) is 4. The first-order valence-corrected chi connectivity index (χ1v) is 8.29. The van der Waals surface area contributed by atoms with Crippen molar-refractivity contribution in [3.63, 3.8) is 0 Å². The third kappa shape index (κ3) is 6.20. The van der Waals surface area contributed by atoms with E-state index < -0.39 is 0 Å². The van der Waals surface area contributed by atoms with Crippen LogP contribution in [0.15, 0.2) is 22.8 Å². The second-order valence-corrected chi connectivity index (χ2v) is 6.35. The van der Waals surface area contributed by atoms with Crippen LogP contribution in [0.5, 0.6) is 0 Å². The van der Waals surface area contributed by atoms with E-state index in [1.54, 1.807) is 0 Å². The van der Waals surface area contributed by atoms with Crippen molar-refractivity contribution in [2.24, 2.45) is 5.73 Å². The lowest BCUT2D eigenvalue weighted by Crippen LogP contribution is -2.46. The third-order valence-electron chi connectivity index (χ3n) is 3.81. The van der Waals surface area contributed by atoms with Crippen LogP contribution in [0.3, 0.4) is 0 Å². The average Bonchev–Trinajstić information content (AvgIpc) is 2.49. The fourth-order valence-corrected chi connectivity index (χ4v) is 2.89. The van der Waals surface area contributed by atoms with Gasteiger partial charge in [0.05, 0.1) is 5.69 Å². The third-order valence-corrected chi connectivity index (χ3v) is 4.28. The zero-order valence-corrected chi connectivity index (χ0v) is 15.0. The van der Waals surface area contributed by atoms with Gasteiger partial charge in [0.1, 0.15) is 0 Å². The number of halogens is 2. The summed E-state index contributed by atoms with van der Waals surface area (Å²) in [6.07, 6.45) is 5.79. The molecular formula is C15H24BrClN4O. The lowest BCUT2D eigenvalue weighted by molar-refractivity contribution is -0.121. The standard InChI is InChI=1S/C15H23BrN4O.ClH/c16-12-4-5-13(18-9-12)11-20-8-2-1-3-14(20)10-19-15(21)6-7-17;/h4-5,9,14H,1-3,6-8,10-11,17H2,(H,19,21);1H. The normalized spacial score (nSPS) is 18.5. The number of amides is 1. The highest BCUT2D eigenvalue weighted by atomic mass is 79.9. The van der Waals surface area contributed by atoms with Crippen LogP contribution >= 0.6 is 28.3 Å². The molecule has 22 heavy (non-hydrogen) atoms. The van der Waals surface area contributed by atoms with Crippen molar-refractivity contribution in [1.82, 2.24) is 15.2 Å². The molecule has 1 aromatic rings. The van der Waals surface area contributed by atoms with Gasteiger partial charge in [-0.2, -0.15) is 0 Å². The number of piperidine rings is 1. The molecule has 7 heteroatoms. The van der Waals surface area contributed by atoms with E-state index in [2.05, 4.69) is 31.1 Å². The molecule has 1 aliphatic rings. The number of aromatic nitrogens is 1. The van der Waals surface area contributed by atoms with Crippen molar-refractivity contribution in [3.8, 4) is 0 Å². The fraction of sp³-hybridized carbons (Fsp3) is 0.600. The number of carbonyl (C=O) groups is 1. The summed E-state index contributed by atoms with van der Waals surface area (Å²) in [7, 11) is 0. The second kappa shape index (κ2) is 10.2. The summed E-state index contributed by atoms with van der Waals surface area (Å²) >= 11 is 3.40. The van der Waals surface area contributed by atoms with Gasteiger partial charge in [0.25, 0.3) is 0 Å². The van der Waals surface area contributed by atoms with Gasteiger partial charge in [-0.25, -0.2) is 0 Å². The summed E-state index contributed by atoms with van der Waals surface area (Å²) < 4.78 is 0.996. The highest BCUT2D eigenvalue weighted by Gasteiger charge is 2.23. The Morgan fingerprint density at radius 3 is 2.95 bits per heavy atom. The van der Waals surface area contributed by atoms with Gasteiger partial charge in [-0.1, -0.05) is 6.42 Å². The van der Waals surface area contributed by atoms with Crippen LogP contribution in [0.25, 0.3) is 0 Å². The maximum absolute atomic E-state index is 11.6. The fourth-order valence-electron chi connectivity index (χ4n) is 2.66. The Bertz CT molecular complexity index is 457. The maximum atomic E-state index is 11.6. The lowest BCUT2D eigenvalue weighted by atomic mass is 10.0. The van der Waals surface area contributed by atoms with Gasteiger partial charge in [-0.15, -0.1) is 12.4 Å². The van der Waals surface area contributed by atoms with Crippen molar-refractivity contribution >= 4 is 34.2 Å². The Kier molecular flexibility index (Phi) is 8.93. The summed E-state index contributed by atoms with van der Waals surface area (Å²) in [5.41, 5.74) is 6.46. The smallest absolute Gasteiger partial charge is 0.221 e. The Morgan fingerprint density at radius 1 is 1.45 bits per heavy atom. The summed E-state index contributed by atoms with van der Waals surface area (Å²) in [4.78, 5) is 18.4. The second-order valence-electron chi connectivity index (χ2n) is 5.43. The average molecular weight is 392 g/mol. The summed E-state index contributed by atoms with van der Waals surface area (Å²) in [5, 5.41) is 2.99. The minimum atomic E-state index is 0. The monoisotopic (exact) mass is 390 g/mol. The van der Waals surface area contributed by atoms with E-state index in [1.807, 2.05) is 18.3 Å². The Morgan fingerprint density at radius 2 is 2.27 bits per heavy atom. The van der Waals surface area contributed by atoms with Gasteiger partial charge < -0.3 is 11.1 Å². The molecule has 1 atom stereocenters. The maximum Gasteiger partial charge on any atom is 0.221 e. The van der Waals surface area contributed by atoms with Gasteiger partial charge >= 0.3 is 0 Å². The first-order valence-electron chi connectivity index (χ1n) is 7.50. The van der Waals surface area contributed by atoms with Crippen molar-refractivity contribution in [1.29, 1.82) is 0 Å². The minimum Gasteiger partial charge on any atom is -0.354 e. The molecule has 0 aliphatic carbocycles. The molecule has 1 saturated heterocycles. The SMILES string of the molecule is Cl.NCCC(=O)NCC1CCCCN1Cc1ccc(Br)cn1. The molecule has 0 spiro atoms. The van der Waals surface area contributed by atoms with Crippen LogP contribution in [0.4, 0.5) is 0 Å². The molecule has 0 saturated carbocycles. The van der Waals surface area contributed by atoms with Gasteiger partial charge in [-0.05, 0) is 47.4 Å². The van der Waals surface area contributed by atoms with Crippen molar-refractivity contribution in [2.75, 3.05) is 19.6 Å². The topological polar surface area (TPSA) is 71.2 Å². The number of nitrogens with one attached hydrogen (secondary N) is 1. The number of nitrogens with two attached hydrogens (primary N) is 1. The van der Waals surface area contributed by atoms with Crippen LogP contribution in [0.2, 0.25) is 0 Å². The van der Waals surface area contributed by atoms with Crippen LogP contribution in [0.1, 0.15) is 31.4 Å². The molecule has 2 rings (SSSR count). The van der Waals surface area contributed by atoms with Gasteiger partial charge in [0.15, 0.2) is 0 Å². The molecule has 1 amide bonds. The molecule has 1 unspecified atom stereocenters. The molecule has 0 aromatic carbocycles. The van der Waals surface area contributed by atoms with E-state index in [4.69, 9.17) is 5.73 Å². The van der Waals surface area contributed by atoms with Crippen molar-refractivity contribution in [3.05, 3.63) is 28.5 Å².